The number of nitrogens with zero attached hydrogens (tertiary/aromatic N) is 2. The number of hydrogen-bond donors (Lipinski definition) is 1. The number of aryl methyl sites for hydroxylation is 1. The number of thiazole rings is 1. The van der Waals surface area contributed by atoms with E-state index in [1.165, 1.54) is 0 Å². The van der Waals surface area contributed by atoms with E-state index in [4.69, 9.17) is 0 Å². The van der Waals surface area contributed by atoms with Gasteiger partial charge in [0.25, 0.3) is 0 Å². The molecule has 1 N–H and O–H groups in total. The highest BCUT2D eigenvalue weighted by atomic mass is 32.2. The fourth-order valence-corrected chi connectivity index (χ4v) is 5.03. The molecule has 0 amide bonds. The molecule has 0 atom stereocenters. The van der Waals surface area contributed by atoms with E-state index in [1.54, 1.807) is 29.7 Å². The lowest BCUT2D eigenvalue weighted by Crippen LogP contribution is -2.26. The van der Waals surface area contributed by atoms with Crippen molar-refractivity contribution in [1.82, 2.24) is 14.7 Å². The average Bonchev–Trinajstić information content (AvgIpc) is 3.03. The van der Waals surface area contributed by atoms with E-state index in [0.29, 0.717) is 18.5 Å². The van der Waals surface area contributed by atoms with Crippen LogP contribution < -0.4 is 4.72 Å². The number of aromatic nitrogens is 2. The lowest BCUT2D eigenvalue weighted by atomic mass is 10.2. The Morgan fingerprint density at radius 1 is 1.12 bits per heavy atom. The maximum absolute atomic E-state index is 12.7. The summed E-state index contributed by atoms with van der Waals surface area (Å²) < 4.78 is 29.2. The number of hydrogen-bond acceptors (Lipinski definition) is 5. The number of para-hydroxylation sites is 2. The number of fused-ring (bicyclic) bond motifs is 2. The Kier molecular flexibility index (Phi) is 4.44. The highest BCUT2D eigenvalue weighted by Crippen LogP contribution is 2.23. The minimum Gasteiger partial charge on any atom is -0.255 e. The topological polar surface area (TPSA) is 72.0 Å². The van der Waals surface area contributed by atoms with Crippen LogP contribution in [0.4, 0.5) is 0 Å². The third kappa shape index (κ3) is 3.33. The molecule has 2 aromatic heterocycles. The largest absolute Gasteiger partial charge is 0.255 e. The van der Waals surface area contributed by atoms with Gasteiger partial charge in [0.2, 0.25) is 10.0 Å². The van der Waals surface area contributed by atoms with Crippen molar-refractivity contribution >= 4 is 42.5 Å². The second-order valence-corrected chi connectivity index (χ2v) is 8.91. The van der Waals surface area contributed by atoms with Gasteiger partial charge in [0.05, 0.1) is 20.7 Å². The van der Waals surface area contributed by atoms with Gasteiger partial charge in [-0.15, -0.1) is 11.3 Å². The number of sulfonamides is 1. The zero-order chi connectivity index (χ0) is 18.1. The second-order valence-electron chi connectivity index (χ2n) is 6.06. The molecule has 0 radical (unpaired) electrons. The van der Waals surface area contributed by atoms with E-state index < -0.39 is 10.0 Å². The fraction of sp³-hybridized carbons (Fsp3) is 0.158. The van der Waals surface area contributed by atoms with Crippen LogP contribution >= 0.6 is 11.3 Å². The summed E-state index contributed by atoms with van der Waals surface area (Å²) in [6, 6.07) is 15.0. The van der Waals surface area contributed by atoms with Crippen LogP contribution in [0, 0.1) is 6.92 Å². The highest BCUT2D eigenvalue weighted by Gasteiger charge is 2.18. The van der Waals surface area contributed by atoms with E-state index in [1.807, 2.05) is 43.3 Å². The molecule has 0 unspecified atom stereocenters. The summed E-state index contributed by atoms with van der Waals surface area (Å²) in [5.41, 5.74) is 2.44. The van der Waals surface area contributed by atoms with Gasteiger partial charge in [0, 0.05) is 24.5 Å². The Bertz CT molecular complexity index is 1170. The average molecular weight is 383 g/mol. The molecule has 0 aliphatic carbocycles. The molecule has 0 spiro atoms. The van der Waals surface area contributed by atoms with Gasteiger partial charge in [-0.25, -0.2) is 18.1 Å². The summed E-state index contributed by atoms with van der Waals surface area (Å²) in [5, 5.41) is 1.74. The van der Waals surface area contributed by atoms with Crippen LogP contribution in [0.1, 0.15) is 10.6 Å². The van der Waals surface area contributed by atoms with Gasteiger partial charge in [-0.05, 0) is 36.8 Å². The summed E-state index contributed by atoms with van der Waals surface area (Å²) in [6.45, 7) is 2.23. The molecule has 0 saturated carbocycles. The fourth-order valence-electron chi connectivity index (χ4n) is 2.86. The molecule has 0 fully saturated rings. The molecule has 4 rings (SSSR count). The molecule has 132 valence electrons. The first-order chi connectivity index (χ1) is 12.5. The first-order valence-corrected chi connectivity index (χ1v) is 10.5. The molecule has 0 aliphatic heterocycles. The molecule has 5 nitrogen and oxygen atoms in total. The van der Waals surface area contributed by atoms with Crippen molar-refractivity contribution < 1.29 is 8.42 Å². The maximum Gasteiger partial charge on any atom is 0.242 e. The zero-order valence-corrected chi connectivity index (χ0v) is 15.8. The SMILES string of the molecule is Cc1cnc2c(S(=O)(=O)NCCc3nc4ccccc4s3)cccc2c1. The summed E-state index contributed by atoms with van der Waals surface area (Å²) in [6.07, 6.45) is 2.23. The number of rotatable bonds is 5. The third-order valence-electron chi connectivity index (χ3n) is 4.07. The van der Waals surface area contributed by atoms with Crippen LogP contribution in [0.25, 0.3) is 21.1 Å². The highest BCUT2D eigenvalue weighted by molar-refractivity contribution is 7.89. The van der Waals surface area contributed by atoms with Crippen molar-refractivity contribution in [3.05, 3.63) is 65.3 Å². The van der Waals surface area contributed by atoms with Crippen LogP contribution in [-0.2, 0) is 16.4 Å². The van der Waals surface area contributed by atoms with E-state index in [9.17, 15) is 8.42 Å². The zero-order valence-electron chi connectivity index (χ0n) is 14.1. The Morgan fingerprint density at radius 3 is 2.81 bits per heavy atom. The molecule has 2 heterocycles. The number of pyridine rings is 1. The smallest absolute Gasteiger partial charge is 0.242 e. The van der Waals surface area contributed by atoms with Gasteiger partial charge in [0.15, 0.2) is 0 Å². The lowest BCUT2D eigenvalue weighted by molar-refractivity contribution is 0.582. The first kappa shape index (κ1) is 17.1. The summed E-state index contributed by atoms with van der Waals surface area (Å²) in [7, 11) is -3.64. The second kappa shape index (κ2) is 6.75. The van der Waals surface area contributed by atoms with E-state index >= 15 is 0 Å². The van der Waals surface area contributed by atoms with Crippen LogP contribution in [0.5, 0.6) is 0 Å². The van der Waals surface area contributed by atoms with Crippen molar-refractivity contribution in [2.45, 2.75) is 18.2 Å². The van der Waals surface area contributed by atoms with Crippen molar-refractivity contribution in [2.24, 2.45) is 0 Å². The summed E-state index contributed by atoms with van der Waals surface area (Å²) in [4.78, 5) is 9.06. The number of nitrogens with one attached hydrogen (secondary N) is 1. The minimum atomic E-state index is -3.64. The predicted molar refractivity (Wildman–Crippen MR) is 105 cm³/mol. The Labute approximate surface area is 155 Å². The molecular formula is C19H17N3O2S2. The van der Waals surface area contributed by atoms with Gasteiger partial charge in [0.1, 0.15) is 4.90 Å². The van der Waals surface area contributed by atoms with Gasteiger partial charge in [-0.1, -0.05) is 24.3 Å². The third-order valence-corrected chi connectivity index (χ3v) is 6.66. The standard InChI is InChI=1S/C19H17N3O2S2/c1-13-11-14-5-4-8-17(19(14)20-12-13)26(23,24)21-10-9-18-22-15-6-2-3-7-16(15)25-18/h2-8,11-12,21H,9-10H2,1H3. The molecule has 7 heteroatoms. The van der Waals surface area contributed by atoms with Gasteiger partial charge >= 0.3 is 0 Å². The maximum atomic E-state index is 12.7. The van der Waals surface area contributed by atoms with Crippen molar-refractivity contribution in [3.63, 3.8) is 0 Å². The van der Waals surface area contributed by atoms with E-state index in [0.717, 1.165) is 26.2 Å². The lowest BCUT2D eigenvalue weighted by Gasteiger charge is -2.09. The van der Waals surface area contributed by atoms with Gasteiger partial charge < -0.3 is 0 Å². The Balaban J connectivity index is 1.54. The molecular weight excluding hydrogens is 366 g/mol. The summed E-state index contributed by atoms with van der Waals surface area (Å²) >= 11 is 1.59. The minimum absolute atomic E-state index is 0.208. The van der Waals surface area contributed by atoms with E-state index in [-0.39, 0.29) is 4.90 Å². The molecule has 0 saturated heterocycles. The summed E-state index contributed by atoms with van der Waals surface area (Å²) in [5.74, 6) is 0. The molecule has 26 heavy (non-hydrogen) atoms. The molecule has 0 aliphatic rings. The monoisotopic (exact) mass is 383 g/mol. The number of benzene rings is 2. The molecule has 2 aromatic carbocycles. The predicted octanol–water partition coefficient (Wildman–Crippen LogP) is 3.67. The van der Waals surface area contributed by atoms with Crippen LogP contribution in [0.3, 0.4) is 0 Å². The van der Waals surface area contributed by atoms with Gasteiger partial charge in [-0.2, -0.15) is 0 Å². The normalized spacial score (nSPS) is 12.0. The molecule has 0 bridgehead atoms. The quantitative estimate of drug-likeness (QED) is 0.571. The van der Waals surface area contributed by atoms with Gasteiger partial charge in [-0.3, -0.25) is 4.98 Å². The van der Waals surface area contributed by atoms with Crippen molar-refractivity contribution in [1.29, 1.82) is 0 Å². The van der Waals surface area contributed by atoms with Crippen molar-refractivity contribution in [2.75, 3.05) is 6.54 Å². The van der Waals surface area contributed by atoms with Crippen LogP contribution in [-0.4, -0.2) is 24.9 Å². The Morgan fingerprint density at radius 2 is 1.96 bits per heavy atom. The van der Waals surface area contributed by atoms with E-state index in [2.05, 4.69) is 14.7 Å². The van der Waals surface area contributed by atoms with Crippen molar-refractivity contribution in [3.8, 4) is 0 Å². The van der Waals surface area contributed by atoms with Crippen LogP contribution in [0.15, 0.2) is 59.6 Å². The van der Waals surface area contributed by atoms with Crippen LogP contribution in [0.2, 0.25) is 0 Å². The molecule has 4 aromatic rings. The first-order valence-electron chi connectivity index (χ1n) is 8.22. The Hall–Kier alpha value is -2.35.